The van der Waals surface area contributed by atoms with Crippen LogP contribution in [-0.2, 0) is 21.2 Å². The molecule has 1 atom stereocenters. The molecular formula is C19H18N2O5S. The van der Waals surface area contributed by atoms with Gasteiger partial charge in [0.25, 0.3) is 15.9 Å². The van der Waals surface area contributed by atoms with Crippen molar-refractivity contribution in [2.45, 2.75) is 23.8 Å². The van der Waals surface area contributed by atoms with Gasteiger partial charge in [0.15, 0.2) is 0 Å². The largest absolute Gasteiger partial charge is 0.491 e. The Hall–Kier alpha value is -2.87. The fourth-order valence-electron chi connectivity index (χ4n) is 3.38. The number of carbonyl (C=O) groups is 2. The molecule has 140 valence electrons. The van der Waals surface area contributed by atoms with Gasteiger partial charge in [-0.25, -0.2) is 12.7 Å². The lowest BCUT2D eigenvalue weighted by Gasteiger charge is -2.26. The predicted octanol–water partition coefficient (Wildman–Crippen LogP) is 1.34. The van der Waals surface area contributed by atoms with E-state index in [0.29, 0.717) is 13.0 Å². The summed E-state index contributed by atoms with van der Waals surface area (Å²) in [7, 11) is -3.89. The Morgan fingerprint density at radius 1 is 1.15 bits per heavy atom. The molecule has 0 unspecified atom stereocenters. The Morgan fingerprint density at radius 2 is 1.89 bits per heavy atom. The highest BCUT2D eigenvalue weighted by molar-refractivity contribution is 7.90. The second-order valence-corrected chi connectivity index (χ2v) is 8.35. The maximum absolute atomic E-state index is 12.5. The van der Waals surface area contributed by atoms with Gasteiger partial charge < -0.3 is 10.1 Å². The molecule has 0 aliphatic carbocycles. The van der Waals surface area contributed by atoms with Crippen molar-refractivity contribution in [1.82, 2.24) is 9.62 Å². The number of benzene rings is 2. The van der Waals surface area contributed by atoms with Gasteiger partial charge >= 0.3 is 0 Å². The van der Waals surface area contributed by atoms with Gasteiger partial charge in [-0.05, 0) is 30.2 Å². The second-order valence-electron chi connectivity index (χ2n) is 6.52. The van der Waals surface area contributed by atoms with Crippen LogP contribution in [0, 0.1) is 0 Å². The van der Waals surface area contributed by atoms with E-state index >= 15 is 0 Å². The molecule has 1 N–H and O–H groups in total. The summed E-state index contributed by atoms with van der Waals surface area (Å²) in [6, 6.07) is 13.5. The quantitative estimate of drug-likeness (QED) is 0.856. The minimum absolute atomic E-state index is 0.00676. The lowest BCUT2D eigenvalue weighted by atomic mass is 10.0. The van der Waals surface area contributed by atoms with Crippen LogP contribution in [0.25, 0.3) is 0 Å². The average molecular weight is 386 g/mol. The van der Waals surface area contributed by atoms with Gasteiger partial charge in [0, 0.05) is 13.0 Å². The third-order valence-corrected chi connectivity index (χ3v) is 6.54. The molecule has 0 fully saturated rings. The Morgan fingerprint density at radius 3 is 2.70 bits per heavy atom. The maximum Gasteiger partial charge on any atom is 0.269 e. The zero-order valence-electron chi connectivity index (χ0n) is 14.4. The van der Waals surface area contributed by atoms with E-state index in [1.807, 2.05) is 24.3 Å². The van der Waals surface area contributed by atoms with Crippen LogP contribution in [-0.4, -0.2) is 43.7 Å². The fourth-order valence-corrected chi connectivity index (χ4v) is 4.95. The number of nitrogens with zero attached hydrogens (tertiary/aromatic N) is 1. The number of carbonyl (C=O) groups excluding carboxylic acids is 2. The lowest BCUT2D eigenvalue weighted by molar-refractivity contribution is -0.122. The van der Waals surface area contributed by atoms with Crippen LogP contribution in [0.3, 0.4) is 0 Å². The van der Waals surface area contributed by atoms with Crippen LogP contribution < -0.4 is 10.1 Å². The van der Waals surface area contributed by atoms with Crippen molar-refractivity contribution < 1.29 is 22.7 Å². The molecule has 0 radical (unpaired) electrons. The van der Waals surface area contributed by atoms with Gasteiger partial charge in [0.2, 0.25) is 5.91 Å². The van der Waals surface area contributed by atoms with Crippen molar-refractivity contribution in [2.24, 2.45) is 0 Å². The SMILES string of the molecule is O=C(CCN1C(=O)c2ccccc2S1(=O)=O)N[C@H]1COc2ccccc2C1. The van der Waals surface area contributed by atoms with Crippen molar-refractivity contribution in [1.29, 1.82) is 0 Å². The predicted molar refractivity (Wildman–Crippen MR) is 96.9 cm³/mol. The van der Waals surface area contributed by atoms with Gasteiger partial charge in [-0.15, -0.1) is 0 Å². The van der Waals surface area contributed by atoms with E-state index < -0.39 is 15.9 Å². The van der Waals surface area contributed by atoms with Crippen molar-refractivity contribution in [3.05, 3.63) is 59.7 Å². The smallest absolute Gasteiger partial charge is 0.269 e. The number of ether oxygens (including phenoxy) is 1. The molecule has 2 amide bonds. The topological polar surface area (TPSA) is 92.8 Å². The summed E-state index contributed by atoms with van der Waals surface area (Å²) in [5.41, 5.74) is 1.16. The zero-order chi connectivity index (χ0) is 19.0. The summed E-state index contributed by atoms with van der Waals surface area (Å²) >= 11 is 0. The highest BCUT2D eigenvalue weighted by Gasteiger charge is 2.40. The molecule has 27 heavy (non-hydrogen) atoms. The molecule has 4 rings (SSSR count). The van der Waals surface area contributed by atoms with Crippen LogP contribution in [0.4, 0.5) is 0 Å². The molecule has 2 aliphatic rings. The van der Waals surface area contributed by atoms with Crippen molar-refractivity contribution >= 4 is 21.8 Å². The lowest BCUT2D eigenvalue weighted by Crippen LogP contribution is -2.44. The third kappa shape index (κ3) is 3.16. The third-order valence-electron chi connectivity index (χ3n) is 4.70. The van der Waals surface area contributed by atoms with E-state index in [1.165, 1.54) is 12.1 Å². The van der Waals surface area contributed by atoms with E-state index in [4.69, 9.17) is 4.74 Å². The fraction of sp³-hybridized carbons (Fsp3) is 0.263. The number of hydrogen-bond donors (Lipinski definition) is 1. The normalized spacial score (nSPS) is 19.8. The summed E-state index contributed by atoms with van der Waals surface area (Å²) in [6.07, 6.45) is 0.547. The van der Waals surface area contributed by atoms with Crippen LogP contribution in [0.1, 0.15) is 22.3 Å². The second kappa shape index (κ2) is 6.70. The summed E-state index contributed by atoms with van der Waals surface area (Å²) in [4.78, 5) is 24.6. The Kier molecular flexibility index (Phi) is 4.35. The van der Waals surface area contributed by atoms with Crippen molar-refractivity contribution in [2.75, 3.05) is 13.2 Å². The minimum Gasteiger partial charge on any atom is -0.491 e. The number of fused-ring (bicyclic) bond motifs is 2. The number of para-hydroxylation sites is 1. The monoisotopic (exact) mass is 386 g/mol. The van der Waals surface area contributed by atoms with Gasteiger partial charge in [-0.2, -0.15) is 0 Å². The molecule has 8 heteroatoms. The highest BCUT2D eigenvalue weighted by atomic mass is 32.2. The molecule has 0 aromatic heterocycles. The maximum atomic E-state index is 12.5. The highest BCUT2D eigenvalue weighted by Crippen LogP contribution is 2.30. The first-order valence-corrected chi connectivity index (χ1v) is 10.1. The van der Waals surface area contributed by atoms with Crippen molar-refractivity contribution in [3.63, 3.8) is 0 Å². The Labute approximate surface area is 157 Å². The van der Waals surface area contributed by atoms with Crippen LogP contribution in [0.5, 0.6) is 5.75 Å². The summed E-state index contributed by atoms with van der Waals surface area (Å²) in [6.45, 7) is 0.168. The standard InChI is InChI=1S/C19H18N2O5S/c22-18(20-14-11-13-5-1-3-7-16(13)26-12-14)9-10-21-19(23)15-6-2-4-8-17(15)27(21,24)25/h1-8,14H,9-12H2,(H,20,22)/t14-/m1/s1. The van der Waals surface area contributed by atoms with Gasteiger partial charge in [0.05, 0.1) is 11.6 Å². The van der Waals surface area contributed by atoms with Crippen LogP contribution in [0.2, 0.25) is 0 Å². The Balaban J connectivity index is 1.37. The molecule has 0 saturated heterocycles. The number of nitrogens with one attached hydrogen (secondary N) is 1. The van der Waals surface area contributed by atoms with Crippen molar-refractivity contribution in [3.8, 4) is 5.75 Å². The summed E-state index contributed by atoms with van der Waals surface area (Å²) in [5, 5.41) is 2.85. The molecule has 0 saturated carbocycles. The molecule has 2 aromatic carbocycles. The van der Waals surface area contributed by atoms with Gasteiger partial charge in [-0.3, -0.25) is 9.59 Å². The van der Waals surface area contributed by atoms with E-state index in [1.54, 1.807) is 12.1 Å². The number of hydrogen-bond acceptors (Lipinski definition) is 5. The summed E-state index contributed by atoms with van der Waals surface area (Å²) in [5.74, 6) is -0.0928. The first-order valence-electron chi connectivity index (χ1n) is 8.63. The van der Waals surface area contributed by atoms with E-state index in [0.717, 1.165) is 15.6 Å². The van der Waals surface area contributed by atoms with Crippen LogP contribution in [0.15, 0.2) is 53.4 Å². The number of sulfonamides is 1. The summed E-state index contributed by atoms with van der Waals surface area (Å²) < 4.78 is 31.4. The number of rotatable bonds is 4. The molecule has 0 spiro atoms. The zero-order valence-corrected chi connectivity index (χ0v) is 15.2. The number of amides is 2. The Bertz CT molecular complexity index is 1020. The molecule has 2 aromatic rings. The van der Waals surface area contributed by atoms with Gasteiger partial charge in [-0.1, -0.05) is 30.3 Å². The van der Waals surface area contributed by atoms with E-state index in [2.05, 4.69) is 5.32 Å². The minimum atomic E-state index is -3.89. The molecule has 7 nitrogen and oxygen atoms in total. The molecule has 0 bridgehead atoms. The first-order chi connectivity index (χ1) is 13.0. The molecule has 2 aliphatic heterocycles. The van der Waals surface area contributed by atoms with E-state index in [-0.39, 0.29) is 35.4 Å². The first kappa shape index (κ1) is 17.5. The van der Waals surface area contributed by atoms with Crippen LogP contribution >= 0.6 is 0 Å². The van der Waals surface area contributed by atoms with E-state index in [9.17, 15) is 18.0 Å². The van der Waals surface area contributed by atoms with Gasteiger partial charge in [0.1, 0.15) is 17.3 Å². The molecular weight excluding hydrogens is 368 g/mol. The average Bonchev–Trinajstić information content (AvgIpc) is 2.86. The molecule has 2 heterocycles.